The lowest BCUT2D eigenvalue weighted by Crippen LogP contribution is -2.53. The summed E-state index contributed by atoms with van der Waals surface area (Å²) in [5.74, 6) is 2.20. The molecule has 21 heteroatoms. The van der Waals surface area contributed by atoms with Crippen LogP contribution < -0.4 is 31.5 Å². The minimum atomic E-state index is -0.668. The lowest BCUT2D eigenvalue weighted by atomic mass is 9.85. The first-order valence-corrected chi connectivity index (χ1v) is 27.4. The number of fused-ring (bicyclic) bond motifs is 4. The molecule has 3 saturated carbocycles. The summed E-state index contributed by atoms with van der Waals surface area (Å²) in [6, 6.07) is 28.9. The van der Waals surface area contributed by atoms with Gasteiger partial charge in [-0.25, -0.2) is 34.9 Å². The number of para-hydroxylation sites is 3. The van der Waals surface area contributed by atoms with Gasteiger partial charge in [0, 0.05) is 73.4 Å². The van der Waals surface area contributed by atoms with Crippen molar-refractivity contribution in [2.75, 3.05) is 31.5 Å². The zero-order valence-corrected chi connectivity index (χ0v) is 44.2. The summed E-state index contributed by atoms with van der Waals surface area (Å²) in [7, 11) is 0. The largest absolute Gasteiger partial charge is 0.366 e. The first-order chi connectivity index (χ1) is 35.9. The molecule has 3 fully saturated rings. The van der Waals surface area contributed by atoms with Crippen LogP contribution in [0.25, 0.3) is 30.6 Å². The van der Waals surface area contributed by atoms with Crippen LogP contribution in [0.3, 0.4) is 0 Å². The quantitative estimate of drug-likeness (QED) is 0.0768. The number of carbonyl (C=O) groups excluding carboxylic acids is 1. The number of amides is 1. The van der Waals surface area contributed by atoms with Crippen LogP contribution >= 0.6 is 45.6 Å². The number of nitrogens with zero attached hydrogens (tertiary/aromatic N) is 11. The molecule has 74 heavy (non-hydrogen) atoms. The first kappa shape index (κ1) is 49.1. The minimum absolute atomic E-state index is 0.0992. The molecule has 0 saturated heterocycles. The number of nitriles is 1. The Balaban J connectivity index is 0.000000120. The third-order valence-electron chi connectivity index (χ3n) is 13.8. The van der Waals surface area contributed by atoms with Crippen LogP contribution in [0.15, 0.2) is 110 Å². The molecule has 3 aliphatic carbocycles. The van der Waals surface area contributed by atoms with Gasteiger partial charge in [0.2, 0.25) is 5.91 Å². The van der Waals surface area contributed by atoms with E-state index in [4.69, 9.17) is 11.6 Å². The van der Waals surface area contributed by atoms with E-state index in [1.807, 2.05) is 87.2 Å². The molecular weight excluding hydrogens is 1010 g/mol. The lowest BCUT2D eigenvalue weighted by Gasteiger charge is -2.41. The van der Waals surface area contributed by atoms with Crippen molar-refractivity contribution >= 4 is 115 Å². The molecule has 5 N–H and O–H groups in total. The zero-order chi connectivity index (χ0) is 51.0. The molecule has 13 rings (SSSR count). The average molecular weight is 1060 g/mol. The van der Waals surface area contributed by atoms with Crippen LogP contribution in [0.2, 0.25) is 5.15 Å². The number of thiazole rings is 3. The van der Waals surface area contributed by atoms with Crippen molar-refractivity contribution in [2.45, 2.75) is 113 Å². The Hall–Kier alpha value is -7.18. The summed E-state index contributed by atoms with van der Waals surface area (Å²) in [6.45, 7) is 7.58. The van der Waals surface area contributed by atoms with Gasteiger partial charge in [-0.05, 0) is 103 Å². The van der Waals surface area contributed by atoms with Crippen LogP contribution in [0, 0.1) is 11.3 Å². The van der Waals surface area contributed by atoms with E-state index in [-0.39, 0.29) is 11.9 Å². The summed E-state index contributed by atoms with van der Waals surface area (Å²) < 4.78 is 3.60. The number of rotatable bonds is 12. The Labute approximate surface area is 444 Å². The number of aromatic nitrogens is 9. The Morgan fingerprint density at radius 2 is 1.00 bits per heavy atom. The maximum absolute atomic E-state index is 12.9. The van der Waals surface area contributed by atoms with E-state index in [9.17, 15) is 10.1 Å². The molecule has 0 bridgehead atoms. The van der Waals surface area contributed by atoms with Crippen LogP contribution in [-0.4, -0.2) is 87.0 Å². The number of halogens is 1. The van der Waals surface area contributed by atoms with Gasteiger partial charge in [-0.3, -0.25) is 19.7 Å². The summed E-state index contributed by atoms with van der Waals surface area (Å²) >= 11 is 11.1. The number of benzene rings is 3. The fourth-order valence-corrected chi connectivity index (χ4v) is 12.5. The van der Waals surface area contributed by atoms with E-state index >= 15 is 0 Å². The van der Waals surface area contributed by atoms with Crippen molar-refractivity contribution in [2.24, 2.45) is 0 Å². The molecule has 1 amide bonds. The second-order valence-electron chi connectivity index (χ2n) is 19.9. The van der Waals surface area contributed by atoms with Gasteiger partial charge in [0.25, 0.3) is 0 Å². The molecule has 4 aliphatic rings. The fraction of sp³-hybridized carbons (Fsp3) is 0.340. The normalized spacial score (nSPS) is 21.4. The van der Waals surface area contributed by atoms with Crippen LogP contribution in [0.1, 0.15) is 77.6 Å². The SMILES string of the molecule is CC(C)(C#N)c1nccnc1NC1CC(Nc2nc3ccccc3s2)C1.CC1(C)C(=O)N(C2CC(Nc3nc4ccccc4s3)C2)c2nccnc21.Clc1nccnc1NC1CC(Nc2nc3ccccc3s2)C1. The van der Waals surface area contributed by atoms with Crippen LogP contribution in [-0.2, 0) is 15.6 Å². The zero-order valence-electron chi connectivity index (χ0n) is 41.0. The second kappa shape index (κ2) is 20.6. The first-order valence-electron chi connectivity index (χ1n) is 24.6. The van der Waals surface area contributed by atoms with E-state index in [1.165, 1.54) is 14.1 Å². The highest BCUT2D eigenvalue weighted by atomic mass is 35.5. The standard InChI is InChI=1S/C19H20N6S.C19H19N5OS.C15H14ClN5S/c1-19(2,11-20)16-17(22-8-7-21-16)23-12-9-13(10-12)24-18-25-14-5-3-4-6-15(14)26-18;1-19(2)15-16(21-8-7-20-15)24(17(19)25)12-9-11(10-12)22-18-23-13-5-3-4-6-14(13)26-18;16-13-14(18-6-5-17-13)19-9-7-10(8-9)20-15-21-11-3-1-2-4-12(11)22-15/h3-8,12-13H,9-10H2,1-2H3,(H,22,23)(H,24,25);3-8,11-12H,9-10H2,1-2H3,(H,22,23);1-6,9-10H,7-8H2,(H,18,19)(H,20,21). The molecule has 6 aromatic heterocycles. The van der Waals surface area contributed by atoms with Crippen molar-refractivity contribution in [1.29, 1.82) is 5.26 Å². The van der Waals surface area contributed by atoms with Gasteiger partial charge in [-0.1, -0.05) is 82.0 Å². The number of carbonyl (C=O) groups is 1. The van der Waals surface area contributed by atoms with Crippen LogP contribution in [0.5, 0.6) is 0 Å². The Kier molecular flexibility index (Phi) is 13.7. The highest BCUT2D eigenvalue weighted by molar-refractivity contribution is 7.22. The number of nitrogens with one attached hydrogen (secondary N) is 5. The predicted molar refractivity (Wildman–Crippen MR) is 298 cm³/mol. The average Bonchev–Trinajstić information content (AvgIpc) is 4.15. The van der Waals surface area contributed by atoms with Crippen molar-refractivity contribution in [1.82, 2.24) is 44.9 Å². The maximum atomic E-state index is 12.9. The van der Waals surface area contributed by atoms with E-state index < -0.39 is 10.8 Å². The van der Waals surface area contributed by atoms with Crippen molar-refractivity contribution in [3.8, 4) is 6.07 Å². The van der Waals surface area contributed by atoms with E-state index in [2.05, 4.69) is 95.7 Å². The van der Waals surface area contributed by atoms with E-state index in [0.29, 0.717) is 52.7 Å². The van der Waals surface area contributed by atoms with Gasteiger partial charge < -0.3 is 26.6 Å². The molecule has 17 nitrogen and oxygen atoms in total. The molecule has 7 heterocycles. The van der Waals surface area contributed by atoms with Crippen molar-refractivity contribution < 1.29 is 4.79 Å². The fourth-order valence-electron chi connectivity index (χ4n) is 9.49. The Morgan fingerprint density at radius 1 is 0.581 bits per heavy atom. The monoisotopic (exact) mass is 1060 g/mol. The van der Waals surface area contributed by atoms with Gasteiger partial charge in [0.1, 0.15) is 11.5 Å². The molecule has 9 aromatic rings. The Morgan fingerprint density at radius 3 is 1.50 bits per heavy atom. The third kappa shape index (κ3) is 10.3. The molecule has 0 radical (unpaired) electrons. The maximum Gasteiger partial charge on any atom is 0.240 e. The molecule has 3 aromatic carbocycles. The lowest BCUT2D eigenvalue weighted by molar-refractivity contribution is -0.123. The Bertz CT molecular complexity index is 3400. The van der Waals surface area contributed by atoms with Gasteiger partial charge in [0.05, 0.1) is 53.2 Å². The smallest absolute Gasteiger partial charge is 0.240 e. The van der Waals surface area contributed by atoms with Crippen LogP contribution in [0.4, 0.5) is 32.8 Å². The van der Waals surface area contributed by atoms with Gasteiger partial charge in [-0.2, -0.15) is 5.26 Å². The summed E-state index contributed by atoms with van der Waals surface area (Å²) in [4.78, 5) is 54.5. The molecule has 0 atom stereocenters. The molecule has 0 spiro atoms. The molecule has 376 valence electrons. The van der Waals surface area contributed by atoms with E-state index in [0.717, 1.165) is 82.0 Å². The number of anilines is 6. The topological polar surface area (TPSA) is 220 Å². The van der Waals surface area contributed by atoms with E-state index in [1.54, 1.807) is 71.2 Å². The second-order valence-corrected chi connectivity index (χ2v) is 23.4. The summed E-state index contributed by atoms with van der Waals surface area (Å²) in [5, 5.41) is 30.0. The van der Waals surface area contributed by atoms with Gasteiger partial charge in [0.15, 0.2) is 32.2 Å². The summed E-state index contributed by atoms with van der Waals surface area (Å²) in [6.07, 6.45) is 15.7. The third-order valence-corrected chi connectivity index (χ3v) is 17.0. The van der Waals surface area contributed by atoms with Crippen molar-refractivity contribution in [3.63, 3.8) is 0 Å². The highest BCUT2D eigenvalue weighted by Crippen LogP contribution is 2.44. The highest BCUT2D eigenvalue weighted by Gasteiger charge is 2.51. The predicted octanol–water partition coefficient (Wildman–Crippen LogP) is 11.1. The molecular formula is C53H53ClN16OS3. The number of hydrogen-bond donors (Lipinski definition) is 5. The molecule has 0 unspecified atom stereocenters. The minimum Gasteiger partial charge on any atom is -0.366 e. The van der Waals surface area contributed by atoms with Gasteiger partial charge in [-0.15, -0.1) is 0 Å². The van der Waals surface area contributed by atoms with Crippen molar-refractivity contribution in [3.05, 3.63) is 127 Å². The summed E-state index contributed by atoms with van der Waals surface area (Å²) in [5.41, 5.74) is 3.33. The van der Waals surface area contributed by atoms with Gasteiger partial charge >= 0.3 is 0 Å². The number of hydrogen-bond acceptors (Lipinski definition) is 19. The molecule has 1 aliphatic heterocycles.